The number of thiophene rings is 1. The molecule has 2 aromatic carbocycles. The summed E-state index contributed by atoms with van der Waals surface area (Å²) >= 11 is 1.58. The van der Waals surface area contributed by atoms with E-state index in [-0.39, 0.29) is 13.2 Å². The fraction of sp³-hybridized carbons (Fsp3) is 0.222. The zero-order valence-electron chi connectivity index (χ0n) is 13.3. The summed E-state index contributed by atoms with van der Waals surface area (Å²) in [7, 11) is -3.64. The monoisotopic (exact) mass is 375 g/mol. The Labute approximate surface area is 150 Å². The Bertz CT molecular complexity index is 994. The van der Waals surface area contributed by atoms with Gasteiger partial charge in [0.05, 0.1) is 36.4 Å². The van der Waals surface area contributed by atoms with E-state index in [1.165, 1.54) is 4.31 Å². The third-order valence-corrected chi connectivity index (χ3v) is 6.86. The lowest BCUT2D eigenvalue weighted by Gasteiger charge is -2.22. The highest BCUT2D eigenvalue weighted by Gasteiger charge is 2.36. The molecule has 0 spiro atoms. The van der Waals surface area contributed by atoms with Crippen LogP contribution < -0.4 is 4.31 Å². The number of nitrogens with zero attached hydrogens (tertiary/aromatic N) is 1. The van der Waals surface area contributed by atoms with E-state index in [0.29, 0.717) is 17.2 Å². The zero-order chi connectivity index (χ0) is 17.4. The highest BCUT2D eigenvalue weighted by molar-refractivity contribution is 7.93. The van der Waals surface area contributed by atoms with Crippen molar-refractivity contribution in [1.29, 1.82) is 0 Å². The van der Waals surface area contributed by atoms with Gasteiger partial charge < -0.3 is 9.84 Å². The second-order valence-corrected chi connectivity index (χ2v) is 8.78. The van der Waals surface area contributed by atoms with Gasteiger partial charge in [0.1, 0.15) is 0 Å². The molecular formula is C18H17NO4S2. The molecule has 1 N–H and O–H groups in total. The van der Waals surface area contributed by atoms with Gasteiger partial charge in [-0.3, -0.25) is 4.31 Å². The minimum Gasteiger partial charge on any atom is -0.389 e. The van der Waals surface area contributed by atoms with Crippen LogP contribution in [0.1, 0.15) is 4.88 Å². The Hall–Kier alpha value is -1.93. The van der Waals surface area contributed by atoms with Crippen LogP contribution in [0.15, 0.2) is 58.8 Å². The van der Waals surface area contributed by atoms with Gasteiger partial charge in [0.2, 0.25) is 0 Å². The van der Waals surface area contributed by atoms with Crippen molar-refractivity contribution < 1.29 is 18.3 Å². The first-order chi connectivity index (χ1) is 12.1. The maximum atomic E-state index is 12.8. The molecule has 0 aliphatic carbocycles. The van der Waals surface area contributed by atoms with E-state index < -0.39 is 16.1 Å². The van der Waals surface area contributed by atoms with Crippen molar-refractivity contribution in [1.82, 2.24) is 0 Å². The number of β-amino-alcohol motifs (C(OH)–C–C–N with tert-alkyl or cyclic N) is 1. The molecule has 4 rings (SSSR count). The summed E-state index contributed by atoms with van der Waals surface area (Å²) in [4.78, 5) is 1.37. The fourth-order valence-corrected chi connectivity index (χ4v) is 5.48. The largest absolute Gasteiger partial charge is 0.389 e. The van der Waals surface area contributed by atoms with Crippen LogP contribution in [-0.4, -0.2) is 32.8 Å². The number of sulfonamides is 1. The number of rotatable bonds is 6. The third kappa shape index (κ3) is 2.93. The molecule has 0 radical (unpaired) electrons. The second kappa shape index (κ2) is 6.42. The minimum absolute atomic E-state index is 0.0272. The summed E-state index contributed by atoms with van der Waals surface area (Å²) in [5.41, 5.74) is 0.616. The summed E-state index contributed by atoms with van der Waals surface area (Å²) in [5.74, 6) is 0. The summed E-state index contributed by atoms with van der Waals surface area (Å²) in [6, 6.07) is 14.6. The molecule has 1 aliphatic rings. The summed E-state index contributed by atoms with van der Waals surface area (Å²) in [6.45, 7) is 0.466. The Morgan fingerprint density at radius 1 is 1.12 bits per heavy atom. The Kier molecular flexibility index (Phi) is 4.24. The van der Waals surface area contributed by atoms with E-state index in [4.69, 9.17) is 4.74 Å². The van der Waals surface area contributed by atoms with E-state index in [1.807, 2.05) is 35.7 Å². The lowest BCUT2D eigenvalue weighted by atomic mass is 10.1. The molecule has 1 atom stereocenters. The normalized spacial score (nSPS) is 16.4. The molecule has 25 heavy (non-hydrogen) atoms. The van der Waals surface area contributed by atoms with Crippen molar-refractivity contribution in [3.05, 3.63) is 58.8 Å². The number of benzene rings is 2. The Morgan fingerprint density at radius 2 is 1.92 bits per heavy atom. The van der Waals surface area contributed by atoms with Crippen LogP contribution in [0, 0.1) is 0 Å². The van der Waals surface area contributed by atoms with E-state index in [0.717, 1.165) is 15.6 Å². The molecule has 2 heterocycles. The molecule has 0 unspecified atom stereocenters. The number of hydrogen-bond donors (Lipinski definition) is 1. The van der Waals surface area contributed by atoms with Gasteiger partial charge in [-0.2, -0.15) is 0 Å². The van der Waals surface area contributed by atoms with Crippen LogP contribution in [0.25, 0.3) is 10.8 Å². The van der Waals surface area contributed by atoms with Crippen molar-refractivity contribution in [2.45, 2.75) is 17.6 Å². The van der Waals surface area contributed by atoms with E-state index in [2.05, 4.69) is 0 Å². The van der Waals surface area contributed by atoms with E-state index in [9.17, 15) is 13.5 Å². The molecule has 0 amide bonds. The van der Waals surface area contributed by atoms with Gasteiger partial charge in [-0.25, -0.2) is 8.42 Å². The smallest absolute Gasteiger partial charge is 0.265 e. The van der Waals surface area contributed by atoms with Crippen molar-refractivity contribution >= 4 is 37.8 Å². The topological polar surface area (TPSA) is 66.8 Å². The fourth-order valence-electron chi connectivity index (χ4n) is 3.09. The summed E-state index contributed by atoms with van der Waals surface area (Å²) < 4.78 is 32.5. The molecule has 0 bridgehead atoms. The van der Waals surface area contributed by atoms with Gasteiger partial charge >= 0.3 is 0 Å². The van der Waals surface area contributed by atoms with Gasteiger partial charge in [-0.15, -0.1) is 11.3 Å². The molecule has 130 valence electrons. The molecule has 1 aromatic heterocycles. The quantitative estimate of drug-likeness (QED) is 0.719. The van der Waals surface area contributed by atoms with E-state index in [1.54, 1.807) is 29.5 Å². The number of hydrogen-bond acceptors (Lipinski definition) is 5. The molecule has 1 aliphatic heterocycles. The van der Waals surface area contributed by atoms with Crippen LogP contribution >= 0.6 is 11.3 Å². The average molecular weight is 375 g/mol. The van der Waals surface area contributed by atoms with Crippen LogP contribution in [0.5, 0.6) is 0 Å². The maximum absolute atomic E-state index is 12.8. The van der Waals surface area contributed by atoms with Crippen molar-refractivity contribution in [2.24, 2.45) is 0 Å². The molecule has 0 saturated carbocycles. The zero-order valence-corrected chi connectivity index (χ0v) is 15.0. The van der Waals surface area contributed by atoms with Crippen LogP contribution in [-0.2, 0) is 21.4 Å². The number of anilines is 1. The highest BCUT2D eigenvalue weighted by Crippen LogP contribution is 2.41. The lowest BCUT2D eigenvalue weighted by Crippen LogP contribution is -2.37. The van der Waals surface area contributed by atoms with Gasteiger partial charge in [0, 0.05) is 10.3 Å². The SMILES string of the molecule is O=S1(=O)c2cccc3cccc(c23)N1C[C@@H](O)COCc1cccs1. The second-order valence-electron chi connectivity index (χ2n) is 5.92. The molecule has 5 nitrogen and oxygen atoms in total. The van der Waals surface area contributed by atoms with E-state index >= 15 is 0 Å². The molecule has 3 aromatic rings. The third-order valence-electron chi connectivity index (χ3n) is 4.19. The van der Waals surface area contributed by atoms with Crippen molar-refractivity contribution in [2.75, 3.05) is 17.5 Å². The molecule has 0 fully saturated rings. The predicted molar refractivity (Wildman–Crippen MR) is 98.5 cm³/mol. The average Bonchev–Trinajstić information content (AvgIpc) is 3.18. The van der Waals surface area contributed by atoms with Crippen LogP contribution in [0.3, 0.4) is 0 Å². The number of aliphatic hydroxyl groups is 1. The van der Waals surface area contributed by atoms with Crippen LogP contribution in [0.4, 0.5) is 5.69 Å². The van der Waals surface area contributed by atoms with Gasteiger partial charge in [-0.05, 0) is 29.0 Å². The predicted octanol–water partition coefficient (Wildman–Crippen LogP) is 2.99. The highest BCUT2D eigenvalue weighted by atomic mass is 32.2. The first-order valence-corrected chi connectivity index (χ1v) is 10.2. The first kappa shape index (κ1) is 16.5. The molecule has 0 saturated heterocycles. The maximum Gasteiger partial charge on any atom is 0.265 e. The summed E-state index contributed by atoms with van der Waals surface area (Å²) in [6.07, 6.45) is -0.903. The van der Waals surface area contributed by atoms with Gasteiger partial charge in [0.15, 0.2) is 0 Å². The standard InChI is InChI=1S/C18H17NO4S2/c20-14(11-23-12-15-6-3-9-24-15)10-19-16-7-1-4-13-5-2-8-17(18(13)16)25(19,21)22/h1-9,14,20H,10-12H2/t14-/m1/s1. The summed E-state index contributed by atoms with van der Waals surface area (Å²) in [5, 5.41) is 13.8. The lowest BCUT2D eigenvalue weighted by molar-refractivity contribution is 0.0345. The minimum atomic E-state index is -3.64. The van der Waals surface area contributed by atoms with Crippen LogP contribution in [0.2, 0.25) is 0 Å². The number of ether oxygens (including phenoxy) is 1. The molecule has 7 heteroatoms. The number of aliphatic hydroxyl groups excluding tert-OH is 1. The Morgan fingerprint density at radius 3 is 2.68 bits per heavy atom. The Balaban J connectivity index is 1.52. The first-order valence-electron chi connectivity index (χ1n) is 7.90. The van der Waals surface area contributed by atoms with Crippen molar-refractivity contribution in [3.8, 4) is 0 Å². The van der Waals surface area contributed by atoms with Gasteiger partial charge in [0.25, 0.3) is 10.0 Å². The molecular weight excluding hydrogens is 358 g/mol. The van der Waals surface area contributed by atoms with Crippen molar-refractivity contribution in [3.63, 3.8) is 0 Å². The van der Waals surface area contributed by atoms with Gasteiger partial charge in [-0.1, -0.05) is 30.3 Å².